The fourth-order valence-corrected chi connectivity index (χ4v) is 3.46. The van der Waals surface area contributed by atoms with Crippen LogP contribution in [0.25, 0.3) is 0 Å². The third kappa shape index (κ3) is 3.62. The molecule has 0 N–H and O–H groups in total. The summed E-state index contributed by atoms with van der Waals surface area (Å²) in [7, 11) is 6.31. The molecule has 0 radical (unpaired) electrons. The van der Waals surface area contributed by atoms with Crippen LogP contribution in [-0.4, -0.2) is 45.0 Å². The molecule has 0 aromatic carbocycles. The predicted molar refractivity (Wildman–Crippen MR) is 92.0 cm³/mol. The van der Waals surface area contributed by atoms with Crippen molar-refractivity contribution < 1.29 is 0 Å². The number of likely N-dealkylation sites (tertiary alicyclic amines) is 1. The average molecular weight is 313 g/mol. The van der Waals surface area contributed by atoms with E-state index in [9.17, 15) is 0 Å². The van der Waals surface area contributed by atoms with Crippen molar-refractivity contribution in [3.8, 4) is 0 Å². The van der Waals surface area contributed by atoms with Gasteiger partial charge in [-0.25, -0.2) is 9.97 Å². The molecule has 0 unspecified atom stereocenters. The zero-order chi connectivity index (χ0) is 16.4. The Balaban J connectivity index is 1.87. The second-order valence-corrected chi connectivity index (χ2v) is 6.80. The van der Waals surface area contributed by atoms with E-state index >= 15 is 0 Å². The zero-order valence-electron chi connectivity index (χ0n) is 14.7. The maximum absolute atomic E-state index is 4.82. The maximum atomic E-state index is 4.82. The number of nitrogens with zero attached hydrogens (tertiary/aromatic N) is 5. The van der Waals surface area contributed by atoms with E-state index in [1.54, 1.807) is 0 Å². The van der Waals surface area contributed by atoms with Crippen LogP contribution < -0.4 is 0 Å². The fourth-order valence-electron chi connectivity index (χ4n) is 3.46. The summed E-state index contributed by atoms with van der Waals surface area (Å²) in [5.41, 5.74) is 3.83. The zero-order valence-corrected chi connectivity index (χ0v) is 14.7. The molecule has 124 valence electrons. The first-order valence-electron chi connectivity index (χ1n) is 8.36. The molecule has 0 aliphatic carbocycles. The Kier molecular flexibility index (Phi) is 4.78. The molecule has 0 amide bonds. The standard InChI is InChI=1S/C18H27N5/c1-14-19-11-15(12-21(2)3)18(20-14)17-8-6-10-23(17)13-16-7-5-9-22(16)4/h5,7,9,11,17H,6,8,10,12-13H2,1-4H3/t17-/m1/s1. The SMILES string of the molecule is Cc1ncc(CN(C)C)c([C@H]2CCCN2Cc2cccn2C)n1. The summed E-state index contributed by atoms with van der Waals surface area (Å²) in [6.45, 7) is 5.00. The second kappa shape index (κ2) is 6.81. The van der Waals surface area contributed by atoms with Crippen LogP contribution in [0.1, 0.15) is 41.7 Å². The van der Waals surface area contributed by atoms with Crippen molar-refractivity contribution in [1.29, 1.82) is 0 Å². The van der Waals surface area contributed by atoms with E-state index in [-0.39, 0.29) is 0 Å². The van der Waals surface area contributed by atoms with Crippen molar-refractivity contribution in [2.45, 2.75) is 38.9 Å². The van der Waals surface area contributed by atoms with Crippen LogP contribution in [0, 0.1) is 6.92 Å². The number of rotatable bonds is 5. The fraction of sp³-hybridized carbons (Fsp3) is 0.556. The third-order valence-electron chi connectivity index (χ3n) is 4.60. The van der Waals surface area contributed by atoms with Crippen molar-refractivity contribution in [3.63, 3.8) is 0 Å². The van der Waals surface area contributed by atoms with Gasteiger partial charge in [0.15, 0.2) is 0 Å². The lowest BCUT2D eigenvalue weighted by atomic mass is 10.1. The highest BCUT2D eigenvalue weighted by atomic mass is 15.2. The minimum Gasteiger partial charge on any atom is -0.353 e. The van der Waals surface area contributed by atoms with Crippen molar-refractivity contribution in [1.82, 2.24) is 24.3 Å². The lowest BCUT2D eigenvalue weighted by Crippen LogP contribution is -2.26. The molecular formula is C18H27N5. The number of aromatic nitrogens is 3. The quantitative estimate of drug-likeness (QED) is 0.850. The van der Waals surface area contributed by atoms with Gasteiger partial charge in [-0.2, -0.15) is 0 Å². The highest BCUT2D eigenvalue weighted by Gasteiger charge is 2.29. The first-order valence-corrected chi connectivity index (χ1v) is 8.36. The Morgan fingerprint density at radius 3 is 2.87 bits per heavy atom. The third-order valence-corrected chi connectivity index (χ3v) is 4.60. The summed E-state index contributed by atoms with van der Waals surface area (Å²) in [6, 6.07) is 4.73. The number of hydrogen-bond acceptors (Lipinski definition) is 4. The summed E-state index contributed by atoms with van der Waals surface area (Å²) < 4.78 is 2.21. The number of hydrogen-bond donors (Lipinski definition) is 0. The van der Waals surface area contributed by atoms with Gasteiger partial charge < -0.3 is 9.47 Å². The predicted octanol–water partition coefficient (Wildman–Crippen LogP) is 2.52. The van der Waals surface area contributed by atoms with Crippen LogP contribution in [-0.2, 0) is 20.1 Å². The lowest BCUT2D eigenvalue weighted by Gasteiger charge is -2.26. The van der Waals surface area contributed by atoms with Gasteiger partial charge in [0, 0.05) is 43.8 Å². The Bertz CT molecular complexity index is 661. The van der Waals surface area contributed by atoms with Crippen molar-refractivity contribution in [2.24, 2.45) is 7.05 Å². The van der Waals surface area contributed by atoms with Crippen LogP contribution in [0.3, 0.4) is 0 Å². The largest absolute Gasteiger partial charge is 0.353 e. The highest BCUT2D eigenvalue weighted by Crippen LogP contribution is 2.34. The Hall–Kier alpha value is -1.72. The lowest BCUT2D eigenvalue weighted by molar-refractivity contribution is 0.236. The van der Waals surface area contributed by atoms with Gasteiger partial charge in [-0.3, -0.25) is 4.90 Å². The summed E-state index contributed by atoms with van der Waals surface area (Å²) in [5.74, 6) is 0.869. The molecule has 2 aromatic rings. The molecule has 0 saturated carbocycles. The van der Waals surface area contributed by atoms with E-state index < -0.39 is 0 Å². The van der Waals surface area contributed by atoms with Gasteiger partial charge in [0.2, 0.25) is 0 Å². The molecule has 23 heavy (non-hydrogen) atoms. The van der Waals surface area contributed by atoms with Gasteiger partial charge in [0.1, 0.15) is 5.82 Å². The van der Waals surface area contributed by atoms with Crippen LogP contribution in [0.2, 0.25) is 0 Å². The van der Waals surface area contributed by atoms with E-state index in [2.05, 4.69) is 58.8 Å². The molecule has 1 fully saturated rings. The highest BCUT2D eigenvalue weighted by molar-refractivity contribution is 5.22. The first-order chi connectivity index (χ1) is 11.0. The van der Waals surface area contributed by atoms with Crippen molar-refractivity contribution in [2.75, 3.05) is 20.6 Å². The van der Waals surface area contributed by atoms with E-state index in [0.717, 1.165) is 25.5 Å². The first kappa shape index (κ1) is 16.1. The van der Waals surface area contributed by atoms with E-state index in [4.69, 9.17) is 4.98 Å². The van der Waals surface area contributed by atoms with Crippen LogP contribution in [0.5, 0.6) is 0 Å². The smallest absolute Gasteiger partial charge is 0.125 e. The molecule has 5 nitrogen and oxygen atoms in total. The molecule has 2 aromatic heterocycles. The van der Waals surface area contributed by atoms with E-state index in [1.807, 2.05) is 13.1 Å². The molecule has 1 saturated heterocycles. The molecule has 3 heterocycles. The van der Waals surface area contributed by atoms with Gasteiger partial charge in [0.25, 0.3) is 0 Å². The molecule has 0 spiro atoms. The summed E-state index contributed by atoms with van der Waals surface area (Å²) in [4.78, 5) is 14.0. The van der Waals surface area contributed by atoms with Crippen LogP contribution in [0.15, 0.2) is 24.5 Å². The molecule has 3 rings (SSSR count). The Morgan fingerprint density at radius 2 is 2.17 bits per heavy atom. The van der Waals surface area contributed by atoms with Gasteiger partial charge in [-0.05, 0) is 52.5 Å². The molecule has 5 heteroatoms. The minimum atomic E-state index is 0.404. The van der Waals surface area contributed by atoms with Gasteiger partial charge in [-0.15, -0.1) is 0 Å². The van der Waals surface area contributed by atoms with Gasteiger partial charge >= 0.3 is 0 Å². The minimum absolute atomic E-state index is 0.404. The van der Waals surface area contributed by atoms with Gasteiger partial charge in [-0.1, -0.05) is 0 Å². The van der Waals surface area contributed by atoms with Crippen molar-refractivity contribution in [3.05, 3.63) is 47.3 Å². The summed E-state index contributed by atoms with van der Waals surface area (Å²) >= 11 is 0. The average Bonchev–Trinajstić information content (AvgIpc) is 3.11. The molecule has 0 bridgehead atoms. The maximum Gasteiger partial charge on any atom is 0.125 e. The summed E-state index contributed by atoms with van der Waals surface area (Å²) in [6.07, 6.45) is 6.55. The van der Waals surface area contributed by atoms with E-state index in [0.29, 0.717) is 6.04 Å². The monoisotopic (exact) mass is 313 g/mol. The van der Waals surface area contributed by atoms with Crippen LogP contribution >= 0.6 is 0 Å². The molecule has 1 atom stereocenters. The van der Waals surface area contributed by atoms with E-state index in [1.165, 1.54) is 29.8 Å². The van der Waals surface area contributed by atoms with Crippen molar-refractivity contribution >= 4 is 0 Å². The second-order valence-electron chi connectivity index (χ2n) is 6.80. The number of aryl methyl sites for hydroxylation is 2. The van der Waals surface area contributed by atoms with Gasteiger partial charge in [0.05, 0.1) is 11.7 Å². The topological polar surface area (TPSA) is 37.2 Å². The molecule has 1 aliphatic rings. The normalized spacial score (nSPS) is 18.9. The molecule has 1 aliphatic heterocycles. The Morgan fingerprint density at radius 1 is 1.35 bits per heavy atom. The Labute approximate surface area is 139 Å². The summed E-state index contributed by atoms with van der Waals surface area (Å²) in [5, 5.41) is 0. The van der Waals surface area contributed by atoms with Crippen LogP contribution in [0.4, 0.5) is 0 Å². The molecular weight excluding hydrogens is 286 g/mol.